The second kappa shape index (κ2) is 6.07. The number of carbonyl (C=O) groups is 2. The highest BCUT2D eigenvalue weighted by Gasteiger charge is 2.70. The largest absolute Gasteiger partial charge is 0.426 e. The molecule has 10 heteroatoms. The molecular formula is C15H21F5N2O3. The van der Waals surface area contributed by atoms with E-state index in [0.29, 0.717) is 6.92 Å². The zero-order valence-corrected chi connectivity index (χ0v) is 14.0. The van der Waals surface area contributed by atoms with Crippen LogP contribution in [0.2, 0.25) is 0 Å². The first-order valence-corrected chi connectivity index (χ1v) is 7.98. The predicted molar refractivity (Wildman–Crippen MR) is 76.5 cm³/mol. The molecule has 144 valence electrons. The molecule has 6 atom stereocenters. The summed E-state index contributed by atoms with van der Waals surface area (Å²) in [7, 11) is 0. The molecule has 3 unspecified atom stereocenters. The number of fused-ring (bicyclic) bond motifs is 1. The molecule has 2 aliphatic rings. The highest BCUT2D eigenvalue weighted by atomic mass is 19.4. The van der Waals surface area contributed by atoms with Crippen LogP contribution in [0.25, 0.3) is 0 Å². The van der Waals surface area contributed by atoms with Gasteiger partial charge in [-0.2, -0.15) is 13.2 Å². The van der Waals surface area contributed by atoms with E-state index in [2.05, 4.69) is 5.32 Å². The number of alkyl halides is 5. The van der Waals surface area contributed by atoms with Gasteiger partial charge in [-0.1, -0.05) is 0 Å². The van der Waals surface area contributed by atoms with Crippen LogP contribution in [-0.4, -0.2) is 46.7 Å². The molecule has 0 bridgehead atoms. The molecule has 3 N–H and O–H groups in total. The summed E-state index contributed by atoms with van der Waals surface area (Å²) in [6.07, 6.45) is -5.12. The van der Waals surface area contributed by atoms with Gasteiger partial charge in [0.15, 0.2) is 0 Å². The van der Waals surface area contributed by atoms with Gasteiger partial charge < -0.3 is 15.7 Å². The zero-order chi connectivity index (χ0) is 19.4. The van der Waals surface area contributed by atoms with E-state index in [1.54, 1.807) is 0 Å². The first-order valence-electron chi connectivity index (χ1n) is 7.98. The fourth-order valence-corrected chi connectivity index (χ4v) is 3.24. The molecule has 5 nitrogen and oxygen atoms in total. The van der Waals surface area contributed by atoms with Crippen molar-refractivity contribution in [2.24, 2.45) is 17.8 Å². The van der Waals surface area contributed by atoms with Gasteiger partial charge in [0, 0.05) is 24.4 Å². The lowest BCUT2D eigenvalue weighted by Crippen LogP contribution is -2.59. The second-order valence-electron chi connectivity index (χ2n) is 7.14. The summed E-state index contributed by atoms with van der Waals surface area (Å²) < 4.78 is 64.9. The van der Waals surface area contributed by atoms with E-state index in [4.69, 9.17) is 0 Å². The Hall–Kier alpha value is -1.45. The minimum absolute atomic E-state index is 0.235. The Morgan fingerprint density at radius 2 is 1.68 bits per heavy atom. The van der Waals surface area contributed by atoms with E-state index in [9.17, 15) is 36.6 Å². The monoisotopic (exact) mass is 372 g/mol. The number of amides is 2. The Kier molecular flexibility index (Phi) is 4.82. The van der Waals surface area contributed by atoms with Crippen molar-refractivity contribution in [2.75, 3.05) is 0 Å². The summed E-state index contributed by atoms with van der Waals surface area (Å²) in [5.74, 6) is -7.24. The summed E-state index contributed by atoms with van der Waals surface area (Å²) in [6.45, 7) is 3.10. The molecule has 0 radical (unpaired) electrons. The third-order valence-electron chi connectivity index (χ3n) is 5.24. The van der Waals surface area contributed by atoms with E-state index < -0.39 is 53.4 Å². The number of halogens is 5. The number of hydrogen-bond acceptors (Lipinski definition) is 3. The molecule has 0 saturated heterocycles. The van der Waals surface area contributed by atoms with Crippen molar-refractivity contribution in [1.29, 1.82) is 0 Å². The average Bonchev–Trinajstić information content (AvgIpc) is 3.11. The van der Waals surface area contributed by atoms with E-state index in [1.807, 2.05) is 5.32 Å². The van der Waals surface area contributed by atoms with Gasteiger partial charge in [-0.15, -0.1) is 0 Å². The quantitative estimate of drug-likeness (QED) is 0.642. The van der Waals surface area contributed by atoms with Gasteiger partial charge in [-0.05, 0) is 33.1 Å². The third-order valence-corrected chi connectivity index (χ3v) is 5.24. The molecule has 2 rings (SSSR count). The van der Waals surface area contributed by atoms with Crippen molar-refractivity contribution in [3.63, 3.8) is 0 Å². The standard InChI is InChI=1S/C15H21F5N2O3/c1-6(7(2)22-12(24)13(3,25)15(18,19)20)21-11(23)9-8-4-5-14(16,17)10(8)9/h6-10,25H,4-5H2,1-3H3,(H,21,23)(H,22,24)/t6?,7?,8-,9+,10-,13?/m0/s1. The highest BCUT2D eigenvalue weighted by Crippen LogP contribution is 2.64. The predicted octanol–water partition coefficient (Wildman–Crippen LogP) is 1.60. The van der Waals surface area contributed by atoms with E-state index >= 15 is 0 Å². The van der Waals surface area contributed by atoms with Crippen LogP contribution in [0.1, 0.15) is 33.6 Å². The van der Waals surface area contributed by atoms with Gasteiger partial charge in [-0.25, -0.2) is 8.78 Å². The first kappa shape index (κ1) is 19.9. The Morgan fingerprint density at radius 1 is 1.16 bits per heavy atom. The second-order valence-corrected chi connectivity index (χ2v) is 7.14. The molecule has 2 aliphatic carbocycles. The van der Waals surface area contributed by atoms with Gasteiger partial charge in [0.1, 0.15) is 0 Å². The zero-order valence-electron chi connectivity index (χ0n) is 14.0. The number of hydrogen-bond donors (Lipinski definition) is 3. The maximum Gasteiger partial charge on any atom is 0.426 e. The van der Waals surface area contributed by atoms with Crippen molar-refractivity contribution in [3.8, 4) is 0 Å². The van der Waals surface area contributed by atoms with Gasteiger partial charge in [-0.3, -0.25) is 9.59 Å². The van der Waals surface area contributed by atoms with Gasteiger partial charge in [0.2, 0.25) is 11.5 Å². The molecule has 2 amide bonds. The number of aliphatic hydroxyl groups is 1. The fourth-order valence-electron chi connectivity index (χ4n) is 3.24. The van der Waals surface area contributed by atoms with Gasteiger partial charge in [0.05, 0.1) is 5.92 Å². The van der Waals surface area contributed by atoms with E-state index in [1.165, 1.54) is 13.8 Å². The Bertz CT molecular complexity index is 564. The number of rotatable bonds is 5. The molecule has 0 aromatic rings. The lowest BCUT2D eigenvalue weighted by Gasteiger charge is -2.29. The molecule has 25 heavy (non-hydrogen) atoms. The van der Waals surface area contributed by atoms with Crippen LogP contribution in [0.15, 0.2) is 0 Å². The minimum atomic E-state index is -5.15. The highest BCUT2D eigenvalue weighted by molar-refractivity contribution is 5.86. The van der Waals surface area contributed by atoms with Crippen molar-refractivity contribution >= 4 is 11.8 Å². The smallest absolute Gasteiger partial charge is 0.373 e. The molecule has 2 saturated carbocycles. The maximum atomic E-state index is 13.5. The summed E-state index contributed by atoms with van der Waals surface area (Å²) in [5, 5.41) is 13.7. The minimum Gasteiger partial charge on any atom is -0.373 e. The summed E-state index contributed by atoms with van der Waals surface area (Å²) in [6, 6.07) is -1.74. The lowest BCUT2D eigenvalue weighted by molar-refractivity contribution is -0.245. The molecule has 0 aliphatic heterocycles. The fraction of sp³-hybridized carbons (Fsp3) is 0.867. The van der Waals surface area contributed by atoms with Crippen LogP contribution in [0.3, 0.4) is 0 Å². The van der Waals surface area contributed by atoms with Crippen LogP contribution >= 0.6 is 0 Å². The third kappa shape index (κ3) is 3.58. The molecule has 2 fully saturated rings. The van der Waals surface area contributed by atoms with Crippen LogP contribution in [0.5, 0.6) is 0 Å². The summed E-state index contributed by atoms with van der Waals surface area (Å²) in [5.41, 5.74) is -3.57. The molecule has 0 aromatic heterocycles. The van der Waals surface area contributed by atoms with Gasteiger partial charge >= 0.3 is 6.18 Å². The van der Waals surface area contributed by atoms with E-state index in [0.717, 1.165) is 0 Å². The van der Waals surface area contributed by atoms with Crippen molar-refractivity contribution in [3.05, 3.63) is 0 Å². The number of nitrogens with one attached hydrogen (secondary N) is 2. The molecule has 0 heterocycles. The Morgan fingerprint density at radius 3 is 2.12 bits per heavy atom. The van der Waals surface area contributed by atoms with Crippen LogP contribution in [0, 0.1) is 17.8 Å². The topological polar surface area (TPSA) is 78.4 Å². The number of carbonyl (C=O) groups excluding carboxylic acids is 2. The van der Waals surface area contributed by atoms with Crippen LogP contribution < -0.4 is 10.6 Å². The van der Waals surface area contributed by atoms with Gasteiger partial charge in [0.25, 0.3) is 11.8 Å². The average molecular weight is 372 g/mol. The molecule has 0 spiro atoms. The lowest BCUT2D eigenvalue weighted by atomic mass is 10.0. The normalized spacial score (nSPS) is 32.1. The summed E-state index contributed by atoms with van der Waals surface area (Å²) in [4.78, 5) is 23.7. The molecule has 0 aromatic carbocycles. The Balaban J connectivity index is 1.88. The first-order chi connectivity index (χ1) is 11.2. The van der Waals surface area contributed by atoms with Crippen molar-refractivity contribution < 1.29 is 36.6 Å². The summed E-state index contributed by atoms with van der Waals surface area (Å²) >= 11 is 0. The van der Waals surface area contributed by atoms with Crippen molar-refractivity contribution in [1.82, 2.24) is 10.6 Å². The van der Waals surface area contributed by atoms with Crippen LogP contribution in [0.4, 0.5) is 22.0 Å². The molecular weight excluding hydrogens is 351 g/mol. The van der Waals surface area contributed by atoms with Crippen molar-refractivity contribution in [2.45, 2.75) is 63.4 Å². The maximum absolute atomic E-state index is 13.5. The van der Waals surface area contributed by atoms with E-state index in [-0.39, 0.29) is 18.8 Å². The SMILES string of the molecule is CC(NC(=O)[C@@H]1[C@@H]2CCC(F)(F)[C@@H]21)C(C)NC(=O)C(C)(O)C(F)(F)F. The van der Waals surface area contributed by atoms with Crippen LogP contribution in [-0.2, 0) is 9.59 Å². The Labute approximate surface area is 141 Å².